The third-order valence-corrected chi connectivity index (χ3v) is 8.03. The van der Waals surface area contributed by atoms with Crippen molar-refractivity contribution >= 4 is 22.7 Å². The highest BCUT2D eigenvalue weighted by Crippen LogP contribution is 2.36. The second-order valence-corrected chi connectivity index (χ2v) is 10.5. The molecule has 4 aromatic rings. The normalized spacial score (nSPS) is 16.8. The number of carbonyl (C=O) groups excluding carboxylic acids is 2. The van der Waals surface area contributed by atoms with Crippen LogP contribution in [0.25, 0.3) is 22.0 Å². The van der Waals surface area contributed by atoms with E-state index >= 15 is 0 Å². The number of piperazine rings is 1. The summed E-state index contributed by atoms with van der Waals surface area (Å²) in [5, 5.41) is 0.794. The van der Waals surface area contributed by atoms with E-state index in [9.17, 15) is 22.8 Å². The van der Waals surface area contributed by atoms with Gasteiger partial charge in [0, 0.05) is 86.1 Å². The van der Waals surface area contributed by atoms with Gasteiger partial charge >= 0.3 is 6.18 Å². The van der Waals surface area contributed by atoms with Crippen LogP contribution in [0.5, 0.6) is 0 Å². The fourth-order valence-corrected chi connectivity index (χ4v) is 5.70. The Morgan fingerprint density at radius 2 is 1.48 bits per heavy atom. The number of aryl methyl sites for hydroxylation is 1. The zero-order valence-electron chi connectivity index (χ0n) is 22.1. The Balaban J connectivity index is 1.10. The van der Waals surface area contributed by atoms with Crippen molar-refractivity contribution in [2.24, 2.45) is 7.05 Å². The highest BCUT2D eigenvalue weighted by molar-refractivity contribution is 6.02. The number of amides is 2. The Labute approximate surface area is 230 Å². The summed E-state index contributed by atoms with van der Waals surface area (Å²) in [5.74, 6) is -0.00388. The summed E-state index contributed by atoms with van der Waals surface area (Å²) in [4.78, 5) is 32.0. The van der Waals surface area contributed by atoms with Crippen LogP contribution < -0.4 is 0 Å². The fourth-order valence-electron chi connectivity index (χ4n) is 5.70. The van der Waals surface area contributed by atoms with Gasteiger partial charge in [-0.2, -0.15) is 13.2 Å². The van der Waals surface area contributed by atoms with Crippen molar-refractivity contribution in [3.05, 3.63) is 95.7 Å². The smallest absolute Gasteiger partial charge is 0.350 e. The van der Waals surface area contributed by atoms with Gasteiger partial charge in [0.2, 0.25) is 0 Å². The van der Waals surface area contributed by atoms with Crippen LogP contribution in [0.3, 0.4) is 0 Å². The summed E-state index contributed by atoms with van der Waals surface area (Å²) < 4.78 is 41.6. The Hall–Kier alpha value is -4.11. The summed E-state index contributed by atoms with van der Waals surface area (Å²) >= 11 is 0. The number of benzene rings is 3. The van der Waals surface area contributed by atoms with Crippen LogP contribution in [0, 0.1) is 0 Å². The fraction of sp³-hybridized carbons (Fsp3) is 0.290. The minimum Gasteiger partial charge on any atom is -0.350 e. The number of hydrogen-bond acceptors (Lipinski definition) is 3. The average molecular weight is 547 g/mol. The van der Waals surface area contributed by atoms with E-state index in [2.05, 4.69) is 4.90 Å². The molecule has 9 heteroatoms. The number of rotatable bonds is 4. The van der Waals surface area contributed by atoms with Gasteiger partial charge in [0.05, 0.1) is 5.56 Å². The molecule has 0 bridgehead atoms. The maximum Gasteiger partial charge on any atom is 0.416 e. The van der Waals surface area contributed by atoms with E-state index in [1.807, 2.05) is 63.9 Å². The lowest BCUT2D eigenvalue weighted by Crippen LogP contribution is -2.64. The van der Waals surface area contributed by atoms with Gasteiger partial charge in [-0.05, 0) is 42.0 Å². The van der Waals surface area contributed by atoms with Gasteiger partial charge in [-0.15, -0.1) is 0 Å². The molecule has 3 heterocycles. The zero-order valence-corrected chi connectivity index (χ0v) is 22.1. The highest BCUT2D eigenvalue weighted by Gasteiger charge is 2.37. The van der Waals surface area contributed by atoms with Gasteiger partial charge < -0.3 is 14.4 Å². The minimum atomic E-state index is -4.41. The first-order chi connectivity index (χ1) is 19.2. The minimum absolute atomic E-state index is 0.0537. The van der Waals surface area contributed by atoms with Crippen molar-refractivity contribution in [1.29, 1.82) is 0 Å². The third-order valence-electron chi connectivity index (χ3n) is 8.03. The Morgan fingerprint density at radius 3 is 2.17 bits per heavy atom. The first-order valence-corrected chi connectivity index (χ1v) is 13.3. The highest BCUT2D eigenvalue weighted by atomic mass is 19.4. The van der Waals surface area contributed by atoms with Crippen molar-refractivity contribution in [3.8, 4) is 11.1 Å². The zero-order chi connectivity index (χ0) is 28.0. The van der Waals surface area contributed by atoms with E-state index in [-0.39, 0.29) is 17.9 Å². The molecule has 0 unspecified atom stereocenters. The molecule has 2 saturated heterocycles. The number of hydrogen-bond donors (Lipinski definition) is 0. The lowest BCUT2D eigenvalue weighted by molar-refractivity contribution is -0.137. The Morgan fingerprint density at radius 1 is 0.775 bits per heavy atom. The van der Waals surface area contributed by atoms with E-state index in [4.69, 9.17) is 0 Å². The Kier molecular flexibility index (Phi) is 6.62. The molecule has 0 atom stereocenters. The summed E-state index contributed by atoms with van der Waals surface area (Å²) in [5.41, 5.74) is 2.53. The monoisotopic (exact) mass is 546 g/mol. The molecule has 2 amide bonds. The van der Waals surface area contributed by atoms with Crippen molar-refractivity contribution < 1.29 is 22.8 Å². The van der Waals surface area contributed by atoms with Crippen LogP contribution in [-0.2, 0) is 13.2 Å². The molecule has 3 aromatic carbocycles. The van der Waals surface area contributed by atoms with Crippen LogP contribution in [0.1, 0.15) is 26.3 Å². The third kappa shape index (κ3) is 4.86. The molecule has 2 aliphatic heterocycles. The quantitative estimate of drug-likeness (QED) is 0.356. The maximum absolute atomic E-state index is 13.3. The number of fused-ring (bicyclic) bond motifs is 1. The molecule has 0 aliphatic carbocycles. The maximum atomic E-state index is 13.3. The predicted molar refractivity (Wildman–Crippen MR) is 147 cm³/mol. The molecule has 2 aliphatic rings. The number of halogens is 3. The average Bonchev–Trinajstić information content (AvgIpc) is 3.28. The molecule has 6 nitrogen and oxygen atoms in total. The second kappa shape index (κ2) is 10.1. The molecular weight excluding hydrogens is 517 g/mol. The Bertz CT molecular complexity index is 1570. The standard InChI is InChI=1S/C31H29F3N4O2/c1-35-20-27(22-8-5-9-24(16-22)31(32,33)34)26-11-10-23(17-28(26)35)30(40)38-18-25(19-38)36-12-14-37(15-13-36)29(39)21-6-3-2-4-7-21/h2-11,16-17,20,25H,12-15,18-19H2,1H3. The number of alkyl halides is 3. The lowest BCUT2D eigenvalue weighted by Gasteiger charge is -2.48. The molecule has 0 N–H and O–H groups in total. The molecule has 40 heavy (non-hydrogen) atoms. The topological polar surface area (TPSA) is 48.8 Å². The lowest BCUT2D eigenvalue weighted by atomic mass is 10.00. The van der Waals surface area contributed by atoms with Gasteiger partial charge in [-0.1, -0.05) is 36.4 Å². The van der Waals surface area contributed by atoms with E-state index in [0.717, 1.165) is 36.1 Å². The molecule has 6 rings (SSSR count). The number of nitrogens with zero attached hydrogens (tertiary/aromatic N) is 4. The summed E-state index contributed by atoms with van der Waals surface area (Å²) in [6.07, 6.45) is -2.61. The van der Waals surface area contributed by atoms with Crippen LogP contribution >= 0.6 is 0 Å². The molecule has 0 radical (unpaired) electrons. The SMILES string of the molecule is Cn1cc(-c2cccc(C(F)(F)F)c2)c2ccc(C(=O)N3CC(N4CCN(C(=O)c5ccccc5)CC4)C3)cc21. The van der Waals surface area contributed by atoms with E-state index in [1.54, 1.807) is 18.3 Å². The van der Waals surface area contributed by atoms with Crippen molar-refractivity contribution in [2.75, 3.05) is 39.3 Å². The summed E-state index contributed by atoms with van der Waals surface area (Å²) in [6, 6.07) is 20.3. The number of aromatic nitrogens is 1. The number of carbonyl (C=O) groups is 2. The van der Waals surface area contributed by atoms with Gasteiger partial charge in [-0.3, -0.25) is 14.5 Å². The van der Waals surface area contributed by atoms with Crippen LogP contribution in [0.15, 0.2) is 79.0 Å². The first kappa shape index (κ1) is 26.1. The largest absolute Gasteiger partial charge is 0.416 e. The van der Waals surface area contributed by atoms with Crippen LogP contribution in [0.4, 0.5) is 13.2 Å². The van der Waals surface area contributed by atoms with E-state index < -0.39 is 11.7 Å². The molecule has 0 saturated carbocycles. The van der Waals surface area contributed by atoms with Crippen molar-refractivity contribution in [2.45, 2.75) is 12.2 Å². The second-order valence-electron chi connectivity index (χ2n) is 10.5. The van der Waals surface area contributed by atoms with Crippen molar-refractivity contribution in [3.63, 3.8) is 0 Å². The first-order valence-electron chi connectivity index (χ1n) is 13.3. The summed E-state index contributed by atoms with van der Waals surface area (Å²) in [6.45, 7) is 4.14. The molecule has 206 valence electrons. The van der Waals surface area contributed by atoms with Gasteiger partial charge in [0.15, 0.2) is 0 Å². The van der Waals surface area contributed by atoms with E-state index in [0.29, 0.717) is 48.4 Å². The molecule has 1 aromatic heterocycles. The molecule has 0 spiro atoms. The van der Waals surface area contributed by atoms with Gasteiger partial charge in [-0.25, -0.2) is 0 Å². The molecule has 2 fully saturated rings. The van der Waals surface area contributed by atoms with Gasteiger partial charge in [0.1, 0.15) is 0 Å². The van der Waals surface area contributed by atoms with Crippen molar-refractivity contribution in [1.82, 2.24) is 19.3 Å². The number of likely N-dealkylation sites (tertiary alicyclic amines) is 1. The van der Waals surface area contributed by atoms with Crippen LogP contribution in [-0.4, -0.2) is 76.4 Å². The predicted octanol–water partition coefficient (Wildman–Crippen LogP) is 5.15. The van der Waals surface area contributed by atoms with E-state index in [1.165, 1.54) is 6.07 Å². The van der Waals surface area contributed by atoms with Gasteiger partial charge in [0.25, 0.3) is 11.8 Å². The van der Waals surface area contributed by atoms with Crippen LogP contribution in [0.2, 0.25) is 0 Å². The summed E-state index contributed by atoms with van der Waals surface area (Å²) in [7, 11) is 1.83. The molecular formula is C31H29F3N4O2.